The molecule has 0 fully saturated rings. The van der Waals surface area contributed by atoms with E-state index in [2.05, 4.69) is 5.32 Å². The lowest BCUT2D eigenvalue weighted by molar-refractivity contribution is -0.135. The molecule has 0 spiro atoms. The zero-order chi connectivity index (χ0) is 15.0. The van der Waals surface area contributed by atoms with Gasteiger partial charge in [-0.05, 0) is 18.9 Å². The van der Waals surface area contributed by atoms with E-state index >= 15 is 0 Å². The largest absolute Gasteiger partial charge is 0.346 e. The molecule has 0 saturated carbocycles. The third-order valence-corrected chi connectivity index (χ3v) is 3.26. The van der Waals surface area contributed by atoms with Crippen LogP contribution >= 0.6 is 0 Å². The molecular weight excluding hydrogens is 254 g/mol. The van der Waals surface area contributed by atoms with E-state index in [9.17, 15) is 9.59 Å². The lowest BCUT2D eigenvalue weighted by atomic mass is 10.1. The van der Waals surface area contributed by atoms with Crippen LogP contribution < -0.4 is 11.1 Å². The molecule has 1 aromatic carbocycles. The molecule has 3 N–H and O–H groups in total. The van der Waals surface area contributed by atoms with E-state index in [0.29, 0.717) is 6.54 Å². The summed E-state index contributed by atoms with van der Waals surface area (Å²) in [5.41, 5.74) is 6.28. The Kier molecular flexibility index (Phi) is 6.73. The van der Waals surface area contributed by atoms with Crippen LogP contribution in [-0.2, 0) is 16.1 Å². The van der Waals surface area contributed by atoms with Crippen molar-refractivity contribution in [2.75, 3.05) is 13.1 Å². The van der Waals surface area contributed by atoms with Crippen molar-refractivity contribution in [1.82, 2.24) is 10.2 Å². The predicted molar refractivity (Wildman–Crippen MR) is 78.8 cm³/mol. The van der Waals surface area contributed by atoms with E-state index in [0.717, 1.165) is 12.0 Å². The van der Waals surface area contributed by atoms with Gasteiger partial charge in [0.25, 0.3) is 0 Å². The average Bonchev–Trinajstić information content (AvgIpc) is 2.50. The molecule has 0 aliphatic carbocycles. The second-order valence-corrected chi connectivity index (χ2v) is 4.75. The summed E-state index contributed by atoms with van der Waals surface area (Å²) in [6, 6.07) is 9.94. The van der Waals surface area contributed by atoms with Crippen LogP contribution in [0.15, 0.2) is 30.3 Å². The van der Waals surface area contributed by atoms with Crippen LogP contribution in [0.4, 0.5) is 0 Å². The van der Waals surface area contributed by atoms with Gasteiger partial charge >= 0.3 is 0 Å². The highest BCUT2D eigenvalue weighted by molar-refractivity contribution is 5.85. The Labute approximate surface area is 120 Å². The van der Waals surface area contributed by atoms with Gasteiger partial charge in [-0.1, -0.05) is 37.3 Å². The van der Waals surface area contributed by atoms with Crippen molar-refractivity contribution < 1.29 is 9.59 Å². The molecule has 1 unspecified atom stereocenters. The monoisotopic (exact) mass is 277 g/mol. The van der Waals surface area contributed by atoms with Gasteiger partial charge < -0.3 is 16.0 Å². The number of carbonyl (C=O) groups excluding carboxylic acids is 2. The Hall–Kier alpha value is -1.88. The molecule has 1 atom stereocenters. The Morgan fingerprint density at radius 3 is 2.50 bits per heavy atom. The Bertz CT molecular complexity index is 434. The molecule has 5 nitrogen and oxygen atoms in total. The molecule has 0 bridgehead atoms. The highest BCUT2D eigenvalue weighted by Gasteiger charge is 2.19. The number of amides is 2. The maximum absolute atomic E-state index is 12.2. The second kappa shape index (κ2) is 8.32. The van der Waals surface area contributed by atoms with E-state index < -0.39 is 0 Å². The minimum Gasteiger partial charge on any atom is -0.346 e. The van der Waals surface area contributed by atoms with E-state index in [4.69, 9.17) is 5.73 Å². The summed E-state index contributed by atoms with van der Waals surface area (Å²) in [5.74, 6) is -0.410. The predicted octanol–water partition coefficient (Wildman–Crippen LogP) is 0.889. The van der Waals surface area contributed by atoms with Gasteiger partial charge in [-0.2, -0.15) is 0 Å². The molecule has 0 aromatic heterocycles. The first-order chi connectivity index (χ1) is 9.58. The normalized spacial score (nSPS) is 11.8. The average molecular weight is 277 g/mol. The first-order valence-corrected chi connectivity index (χ1v) is 6.88. The fraction of sp³-hybridized carbons (Fsp3) is 0.467. The lowest BCUT2D eigenvalue weighted by Crippen LogP contribution is -2.45. The van der Waals surface area contributed by atoms with E-state index in [-0.39, 0.29) is 30.9 Å². The van der Waals surface area contributed by atoms with Crippen molar-refractivity contribution in [3.63, 3.8) is 0 Å². The van der Waals surface area contributed by atoms with Gasteiger partial charge in [0, 0.05) is 12.6 Å². The third kappa shape index (κ3) is 5.01. The molecule has 1 rings (SSSR count). The van der Waals surface area contributed by atoms with Crippen molar-refractivity contribution >= 4 is 11.8 Å². The molecule has 20 heavy (non-hydrogen) atoms. The number of hydrogen-bond donors (Lipinski definition) is 2. The number of rotatable bonds is 7. The molecule has 0 aliphatic rings. The molecular formula is C15H23N3O2. The quantitative estimate of drug-likeness (QED) is 0.777. The minimum absolute atomic E-state index is 0.00674. The summed E-state index contributed by atoms with van der Waals surface area (Å²) in [6.45, 7) is 4.48. The smallest absolute Gasteiger partial charge is 0.242 e. The molecule has 0 aliphatic heterocycles. The number of benzene rings is 1. The SMILES string of the molecule is CCC(C)N(Cc1ccccc1)C(=O)CNC(=O)CN. The van der Waals surface area contributed by atoms with Gasteiger partial charge in [-0.3, -0.25) is 9.59 Å². The van der Waals surface area contributed by atoms with Crippen LogP contribution in [0, 0.1) is 0 Å². The molecule has 110 valence electrons. The zero-order valence-corrected chi connectivity index (χ0v) is 12.1. The van der Waals surface area contributed by atoms with Gasteiger partial charge in [-0.25, -0.2) is 0 Å². The number of carbonyl (C=O) groups is 2. The molecule has 0 heterocycles. The van der Waals surface area contributed by atoms with Gasteiger partial charge in [0.15, 0.2) is 0 Å². The zero-order valence-electron chi connectivity index (χ0n) is 12.1. The summed E-state index contributed by atoms with van der Waals surface area (Å²) < 4.78 is 0. The van der Waals surface area contributed by atoms with E-state index in [1.54, 1.807) is 4.90 Å². The van der Waals surface area contributed by atoms with Crippen molar-refractivity contribution in [3.05, 3.63) is 35.9 Å². The summed E-state index contributed by atoms with van der Waals surface area (Å²) in [5, 5.41) is 2.52. The third-order valence-electron chi connectivity index (χ3n) is 3.26. The summed E-state index contributed by atoms with van der Waals surface area (Å²) in [6.07, 6.45) is 0.864. The van der Waals surface area contributed by atoms with Crippen LogP contribution in [0.25, 0.3) is 0 Å². The molecule has 2 amide bonds. The number of hydrogen-bond acceptors (Lipinski definition) is 3. The highest BCUT2D eigenvalue weighted by atomic mass is 16.2. The van der Waals surface area contributed by atoms with Gasteiger partial charge in [0.1, 0.15) is 0 Å². The fourth-order valence-electron chi connectivity index (χ4n) is 1.84. The van der Waals surface area contributed by atoms with Crippen molar-refractivity contribution in [2.45, 2.75) is 32.9 Å². The fourth-order valence-corrected chi connectivity index (χ4v) is 1.84. The van der Waals surface area contributed by atoms with E-state index in [1.165, 1.54) is 0 Å². The van der Waals surface area contributed by atoms with Crippen molar-refractivity contribution in [3.8, 4) is 0 Å². The Morgan fingerprint density at radius 2 is 1.95 bits per heavy atom. The second-order valence-electron chi connectivity index (χ2n) is 4.75. The van der Waals surface area contributed by atoms with Gasteiger partial charge in [0.05, 0.1) is 13.1 Å². The van der Waals surface area contributed by atoms with Crippen molar-refractivity contribution in [1.29, 1.82) is 0 Å². The first-order valence-electron chi connectivity index (χ1n) is 6.88. The lowest BCUT2D eigenvalue weighted by Gasteiger charge is -2.29. The topological polar surface area (TPSA) is 75.4 Å². The minimum atomic E-state index is -0.317. The maximum atomic E-state index is 12.2. The molecule has 5 heteroatoms. The van der Waals surface area contributed by atoms with Crippen LogP contribution in [0.3, 0.4) is 0 Å². The van der Waals surface area contributed by atoms with Crippen molar-refractivity contribution in [2.24, 2.45) is 5.73 Å². The molecule has 0 saturated heterocycles. The summed E-state index contributed by atoms with van der Waals surface area (Å²) in [4.78, 5) is 25.2. The van der Waals surface area contributed by atoms with Crippen LogP contribution in [0.5, 0.6) is 0 Å². The number of nitrogens with zero attached hydrogens (tertiary/aromatic N) is 1. The Balaban J connectivity index is 2.69. The van der Waals surface area contributed by atoms with Crippen LogP contribution in [-0.4, -0.2) is 35.8 Å². The maximum Gasteiger partial charge on any atom is 0.242 e. The highest BCUT2D eigenvalue weighted by Crippen LogP contribution is 2.10. The van der Waals surface area contributed by atoms with Gasteiger partial charge in [0.2, 0.25) is 11.8 Å². The van der Waals surface area contributed by atoms with Crippen LogP contribution in [0.1, 0.15) is 25.8 Å². The molecule has 0 radical (unpaired) electrons. The summed E-state index contributed by atoms with van der Waals surface area (Å²) in [7, 11) is 0. The first kappa shape index (κ1) is 16.2. The standard InChI is InChI=1S/C15H23N3O2/c1-3-12(2)18(11-13-7-5-4-6-8-13)15(20)10-17-14(19)9-16/h4-8,12H,3,9-11,16H2,1-2H3,(H,17,19). The molecule has 1 aromatic rings. The van der Waals surface area contributed by atoms with Gasteiger partial charge in [-0.15, -0.1) is 0 Å². The number of nitrogens with two attached hydrogens (primary N) is 1. The summed E-state index contributed by atoms with van der Waals surface area (Å²) >= 11 is 0. The Morgan fingerprint density at radius 1 is 1.30 bits per heavy atom. The number of nitrogens with one attached hydrogen (secondary N) is 1. The van der Waals surface area contributed by atoms with E-state index in [1.807, 2.05) is 44.2 Å². The van der Waals surface area contributed by atoms with Crippen LogP contribution in [0.2, 0.25) is 0 Å².